The second kappa shape index (κ2) is 9.00. The molecule has 0 amide bonds. The molecule has 2 aromatic heterocycles. The zero-order chi connectivity index (χ0) is 25.8. The van der Waals surface area contributed by atoms with Crippen LogP contribution in [0.5, 0.6) is 0 Å². The van der Waals surface area contributed by atoms with Gasteiger partial charge in [0.2, 0.25) is 0 Å². The fraction of sp³-hybridized carbons (Fsp3) is 0.538. The Hall–Kier alpha value is -0.692. The summed E-state index contributed by atoms with van der Waals surface area (Å²) in [5.74, 6) is 7.49. The lowest BCUT2D eigenvalue weighted by Crippen LogP contribution is -2.49. The Morgan fingerprint density at radius 3 is 1.18 bits per heavy atom. The molecule has 2 nitrogen and oxygen atoms in total. The van der Waals surface area contributed by atoms with Crippen molar-refractivity contribution in [1.29, 1.82) is 0 Å². The summed E-state index contributed by atoms with van der Waals surface area (Å²) in [7, 11) is -7.24. The van der Waals surface area contributed by atoms with Crippen molar-refractivity contribution in [1.82, 2.24) is 0 Å². The summed E-state index contributed by atoms with van der Waals surface area (Å²) >= 11 is 3.49. The maximum absolute atomic E-state index is 7.12. The second-order valence-corrected chi connectivity index (χ2v) is 33.3. The average molecular weight is 561 g/mol. The Balaban J connectivity index is 2.46. The van der Waals surface area contributed by atoms with Crippen molar-refractivity contribution in [3.05, 3.63) is 43.8 Å². The molecule has 184 valence electrons. The van der Waals surface area contributed by atoms with Crippen molar-refractivity contribution < 1.29 is 8.85 Å². The summed E-state index contributed by atoms with van der Waals surface area (Å²) < 4.78 is 14.2. The fourth-order valence-electron chi connectivity index (χ4n) is 3.93. The van der Waals surface area contributed by atoms with E-state index in [1.165, 1.54) is 0 Å². The van der Waals surface area contributed by atoms with Gasteiger partial charge >= 0.3 is 0 Å². The van der Waals surface area contributed by atoms with Crippen molar-refractivity contribution in [3.63, 3.8) is 0 Å². The van der Waals surface area contributed by atoms with Gasteiger partial charge in [0.25, 0.3) is 0 Å². The van der Waals surface area contributed by atoms with E-state index in [0.29, 0.717) is 0 Å². The molecule has 0 aromatic carbocycles. The molecule has 1 aliphatic carbocycles. The van der Waals surface area contributed by atoms with Gasteiger partial charge in [-0.3, -0.25) is 0 Å². The third-order valence-corrected chi connectivity index (χ3v) is 10.5. The minimum atomic E-state index is -1.98. The molecule has 0 spiro atoms. The van der Waals surface area contributed by atoms with E-state index >= 15 is 0 Å². The van der Waals surface area contributed by atoms with Crippen molar-refractivity contribution in [2.75, 3.05) is 0 Å². The Morgan fingerprint density at radius 2 is 0.912 bits per heavy atom. The Labute approximate surface area is 219 Å². The van der Waals surface area contributed by atoms with Gasteiger partial charge in [0.1, 0.15) is 16.1 Å². The standard InChI is InChI=1S/C26H40O2S2Si4/c1-31(2,3)19-15-25(27-33(7,8)9)21-13-17-30-24(21)26(28-34(10,11)12,16-20-32(4,5)6)22-14-18-29-23(22)25/h13-14,17-18H,1-12H3. The molecule has 0 fully saturated rings. The molecule has 0 saturated carbocycles. The second-order valence-electron chi connectivity index (χ2n) is 13.1. The third-order valence-electron chi connectivity index (χ3n) is 4.87. The van der Waals surface area contributed by atoms with Crippen molar-refractivity contribution in [3.8, 4) is 22.9 Å². The van der Waals surface area contributed by atoms with E-state index < -0.39 is 44.0 Å². The smallest absolute Gasteiger partial charge is 0.186 e. The summed E-state index contributed by atoms with van der Waals surface area (Å²) in [6.45, 7) is 27.3. The topological polar surface area (TPSA) is 18.5 Å². The highest BCUT2D eigenvalue weighted by Crippen LogP contribution is 2.56. The molecule has 3 rings (SSSR count). The lowest BCUT2D eigenvalue weighted by molar-refractivity contribution is 0.123. The van der Waals surface area contributed by atoms with Crippen LogP contribution in [-0.4, -0.2) is 32.8 Å². The zero-order valence-corrected chi connectivity index (χ0v) is 28.6. The van der Waals surface area contributed by atoms with Crippen LogP contribution in [0, 0.1) is 22.9 Å². The van der Waals surface area contributed by atoms with Gasteiger partial charge in [0.15, 0.2) is 27.8 Å². The van der Waals surface area contributed by atoms with Gasteiger partial charge in [-0.25, -0.2) is 0 Å². The largest absolute Gasteiger partial charge is 0.394 e. The summed E-state index contributed by atoms with van der Waals surface area (Å²) in [4.78, 5) is 2.32. The number of rotatable bonds is 4. The molecule has 0 N–H and O–H groups in total. The van der Waals surface area contributed by atoms with Crippen molar-refractivity contribution in [2.24, 2.45) is 0 Å². The van der Waals surface area contributed by atoms with E-state index in [1.54, 1.807) is 22.7 Å². The van der Waals surface area contributed by atoms with Crippen LogP contribution >= 0.6 is 22.7 Å². The summed E-state index contributed by atoms with van der Waals surface area (Å²) in [6.07, 6.45) is 0. The first-order valence-electron chi connectivity index (χ1n) is 11.9. The van der Waals surface area contributed by atoms with Crippen LogP contribution in [0.4, 0.5) is 0 Å². The summed E-state index contributed by atoms with van der Waals surface area (Å²) in [5, 5.41) is 4.36. The van der Waals surface area contributed by atoms with Gasteiger partial charge in [-0.2, -0.15) is 0 Å². The van der Waals surface area contributed by atoms with Gasteiger partial charge < -0.3 is 8.85 Å². The molecule has 1 aliphatic rings. The maximum atomic E-state index is 7.12. The van der Waals surface area contributed by atoms with Gasteiger partial charge in [0.05, 0.1) is 9.75 Å². The minimum absolute atomic E-state index is 0.753. The van der Waals surface area contributed by atoms with E-state index in [2.05, 4.69) is 124 Å². The molecule has 8 heteroatoms. The molecule has 0 radical (unpaired) electrons. The van der Waals surface area contributed by atoms with Gasteiger partial charge in [-0.15, -0.1) is 33.8 Å². The predicted molar refractivity (Wildman–Crippen MR) is 161 cm³/mol. The molecule has 2 aromatic rings. The molecule has 0 saturated heterocycles. The fourth-order valence-corrected chi connectivity index (χ4v) is 9.64. The highest BCUT2D eigenvalue weighted by atomic mass is 32.1. The van der Waals surface area contributed by atoms with Crippen LogP contribution in [0.1, 0.15) is 20.9 Å². The van der Waals surface area contributed by atoms with Crippen LogP contribution in [-0.2, 0) is 20.1 Å². The van der Waals surface area contributed by atoms with E-state index in [0.717, 1.165) is 20.9 Å². The molecule has 2 heterocycles. The monoisotopic (exact) mass is 560 g/mol. The molecule has 34 heavy (non-hydrogen) atoms. The average Bonchev–Trinajstić information content (AvgIpc) is 3.29. The third kappa shape index (κ3) is 5.99. The van der Waals surface area contributed by atoms with Crippen molar-refractivity contribution in [2.45, 2.75) is 89.8 Å². The number of hydrogen-bond acceptors (Lipinski definition) is 4. The number of fused-ring (bicyclic) bond motifs is 2. The van der Waals surface area contributed by atoms with Crippen LogP contribution < -0.4 is 0 Å². The van der Waals surface area contributed by atoms with Gasteiger partial charge in [0, 0.05) is 11.1 Å². The maximum Gasteiger partial charge on any atom is 0.186 e. The quantitative estimate of drug-likeness (QED) is 0.278. The first kappa shape index (κ1) is 27.9. The first-order chi connectivity index (χ1) is 15.3. The molecular weight excluding hydrogens is 521 g/mol. The van der Waals surface area contributed by atoms with Gasteiger partial charge in [-0.05, 0) is 62.2 Å². The summed E-state index contributed by atoms with van der Waals surface area (Å²) in [6, 6.07) is 4.44. The van der Waals surface area contributed by atoms with E-state index in [4.69, 9.17) is 8.85 Å². The Bertz CT molecular complexity index is 1050. The van der Waals surface area contributed by atoms with Crippen LogP contribution in [0.2, 0.25) is 78.6 Å². The lowest BCUT2D eigenvalue weighted by Gasteiger charge is -2.45. The normalized spacial score (nSPS) is 22.7. The number of hydrogen-bond donors (Lipinski definition) is 0. The Morgan fingerprint density at radius 1 is 0.588 bits per heavy atom. The van der Waals surface area contributed by atoms with E-state index in [-0.39, 0.29) is 0 Å². The minimum Gasteiger partial charge on any atom is -0.394 e. The molecule has 0 bridgehead atoms. The first-order valence-corrected chi connectivity index (χ1v) is 27.5. The molecular formula is C26H40O2S2Si4. The van der Waals surface area contributed by atoms with E-state index in [9.17, 15) is 0 Å². The molecule has 2 unspecified atom stereocenters. The van der Waals surface area contributed by atoms with E-state index in [1.807, 2.05) is 0 Å². The van der Waals surface area contributed by atoms with Crippen LogP contribution in [0.25, 0.3) is 0 Å². The molecule has 0 aliphatic heterocycles. The lowest BCUT2D eigenvalue weighted by atomic mass is 9.76. The summed E-state index contributed by atoms with van der Waals surface area (Å²) in [5.41, 5.74) is 8.15. The van der Waals surface area contributed by atoms with Crippen LogP contribution in [0.15, 0.2) is 22.9 Å². The predicted octanol–water partition coefficient (Wildman–Crippen LogP) is 8.07. The number of thiophene rings is 2. The van der Waals surface area contributed by atoms with Crippen molar-refractivity contribution >= 4 is 55.5 Å². The van der Waals surface area contributed by atoms with Crippen LogP contribution in [0.3, 0.4) is 0 Å². The zero-order valence-electron chi connectivity index (χ0n) is 22.9. The SMILES string of the molecule is C[Si](C)(C)C#CC1(O[Si](C)(C)C)c2ccsc2C(C#C[Si](C)(C)C)(O[Si](C)(C)C)c2ccsc21. The molecule has 2 atom stereocenters. The highest BCUT2D eigenvalue weighted by molar-refractivity contribution is 7.11. The highest BCUT2D eigenvalue weighted by Gasteiger charge is 2.55. The Kier molecular flexibility index (Phi) is 7.38. The van der Waals surface area contributed by atoms with Gasteiger partial charge in [-0.1, -0.05) is 51.1 Å².